The van der Waals surface area contributed by atoms with Crippen molar-refractivity contribution in [2.45, 2.75) is 6.92 Å². The van der Waals surface area contributed by atoms with E-state index >= 15 is 0 Å². The summed E-state index contributed by atoms with van der Waals surface area (Å²) in [7, 11) is 0. The van der Waals surface area contributed by atoms with Gasteiger partial charge in [0.05, 0.1) is 17.7 Å². The molecule has 0 amide bonds. The van der Waals surface area contributed by atoms with Crippen molar-refractivity contribution in [1.29, 1.82) is 0 Å². The maximum absolute atomic E-state index is 11.6. The number of esters is 1. The quantitative estimate of drug-likeness (QED) is 0.843. The van der Waals surface area contributed by atoms with Gasteiger partial charge >= 0.3 is 11.9 Å². The van der Waals surface area contributed by atoms with Crippen LogP contribution in [0.5, 0.6) is 0 Å². The van der Waals surface area contributed by atoms with Gasteiger partial charge in [-0.15, -0.1) is 0 Å². The molecule has 92 valence electrons. The zero-order valence-electron chi connectivity index (χ0n) is 9.84. The van der Waals surface area contributed by atoms with Gasteiger partial charge in [0.1, 0.15) is 0 Å². The van der Waals surface area contributed by atoms with Crippen LogP contribution >= 0.6 is 0 Å². The Kier molecular flexibility index (Phi) is 3.28. The summed E-state index contributed by atoms with van der Waals surface area (Å²) in [6, 6.07) is 9.87. The topological polar surface area (TPSA) is 63.6 Å². The van der Waals surface area contributed by atoms with Crippen molar-refractivity contribution in [3.05, 3.63) is 47.5 Å². The highest BCUT2D eigenvalue weighted by molar-refractivity contribution is 5.98. The lowest BCUT2D eigenvalue weighted by atomic mass is 10.0. The fraction of sp³-hybridized carbons (Fsp3) is 0.143. The van der Waals surface area contributed by atoms with Crippen LogP contribution in [-0.2, 0) is 4.74 Å². The van der Waals surface area contributed by atoms with E-state index in [4.69, 9.17) is 9.84 Å². The van der Waals surface area contributed by atoms with Crippen LogP contribution in [-0.4, -0.2) is 23.7 Å². The Morgan fingerprint density at radius 2 is 1.67 bits per heavy atom. The van der Waals surface area contributed by atoms with Crippen molar-refractivity contribution in [2.24, 2.45) is 0 Å². The zero-order chi connectivity index (χ0) is 13.1. The minimum absolute atomic E-state index is 0.198. The van der Waals surface area contributed by atoms with E-state index in [1.165, 1.54) is 6.07 Å². The molecule has 4 heteroatoms. The maximum atomic E-state index is 11.6. The van der Waals surface area contributed by atoms with E-state index in [2.05, 4.69) is 0 Å². The molecule has 0 fully saturated rings. The Balaban J connectivity index is 2.48. The van der Waals surface area contributed by atoms with Gasteiger partial charge in [0.2, 0.25) is 0 Å². The van der Waals surface area contributed by atoms with Crippen LogP contribution < -0.4 is 0 Å². The Morgan fingerprint density at radius 1 is 1.06 bits per heavy atom. The number of carboxylic acids is 1. The zero-order valence-corrected chi connectivity index (χ0v) is 9.84. The predicted molar refractivity (Wildman–Crippen MR) is 66.9 cm³/mol. The van der Waals surface area contributed by atoms with Crippen LogP contribution in [0.2, 0.25) is 0 Å². The van der Waals surface area contributed by atoms with Crippen LogP contribution in [0.25, 0.3) is 10.8 Å². The summed E-state index contributed by atoms with van der Waals surface area (Å²) in [5.41, 5.74) is 0.621. The average Bonchev–Trinajstić information content (AvgIpc) is 2.37. The summed E-state index contributed by atoms with van der Waals surface area (Å²) in [6.07, 6.45) is 0. The number of hydrogen-bond donors (Lipinski definition) is 1. The highest BCUT2D eigenvalue weighted by Crippen LogP contribution is 2.18. The molecule has 0 saturated heterocycles. The molecule has 0 spiro atoms. The van der Waals surface area contributed by atoms with Gasteiger partial charge < -0.3 is 9.84 Å². The number of aromatic carboxylic acids is 1. The molecule has 0 saturated carbocycles. The van der Waals surface area contributed by atoms with Crippen molar-refractivity contribution in [2.75, 3.05) is 6.61 Å². The van der Waals surface area contributed by atoms with E-state index in [0.29, 0.717) is 17.6 Å². The number of rotatable bonds is 3. The first-order valence-corrected chi connectivity index (χ1v) is 5.56. The first kappa shape index (κ1) is 12.1. The molecule has 0 atom stereocenters. The smallest absolute Gasteiger partial charge is 0.338 e. The van der Waals surface area contributed by atoms with Crippen LogP contribution in [0.15, 0.2) is 36.4 Å². The lowest BCUT2D eigenvalue weighted by Gasteiger charge is -2.04. The molecule has 18 heavy (non-hydrogen) atoms. The van der Waals surface area contributed by atoms with Crippen LogP contribution in [0.1, 0.15) is 27.6 Å². The Labute approximate surface area is 104 Å². The van der Waals surface area contributed by atoms with E-state index in [-0.39, 0.29) is 5.56 Å². The van der Waals surface area contributed by atoms with E-state index in [9.17, 15) is 9.59 Å². The summed E-state index contributed by atoms with van der Waals surface area (Å²) in [4.78, 5) is 22.4. The molecule has 0 aliphatic heterocycles. The van der Waals surface area contributed by atoms with Crippen molar-refractivity contribution < 1.29 is 19.4 Å². The number of hydrogen-bond acceptors (Lipinski definition) is 3. The summed E-state index contributed by atoms with van der Waals surface area (Å²) in [5, 5.41) is 10.5. The second kappa shape index (κ2) is 4.87. The molecule has 1 N–H and O–H groups in total. The van der Waals surface area contributed by atoms with E-state index < -0.39 is 11.9 Å². The second-order valence-corrected chi connectivity index (χ2v) is 3.80. The SMILES string of the molecule is CCOC(=O)c1ccc2ccc(C(=O)O)cc2c1. The second-order valence-electron chi connectivity index (χ2n) is 3.80. The van der Waals surface area contributed by atoms with Crippen molar-refractivity contribution in [3.8, 4) is 0 Å². The van der Waals surface area contributed by atoms with Gasteiger partial charge in [0, 0.05) is 0 Å². The third-order valence-electron chi connectivity index (χ3n) is 2.60. The molecule has 2 aromatic rings. The van der Waals surface area contributed by atoms with Crippen LogP contribution in [0.3, 0.4) is 0 Å². The summed E-state index contributed by atoms with van der Waals surface area (Å²) in [5.74, 6) is -1.39. The maximum Gasteiger partial charge on any atom is 0.338 e. The summed E-state index contributed by atoms with van der Waals surface area (Å²) in [6.45, 7) is 2.05. The molecule has 0 radical (unpaired) electrons. The lowest BCUT2D eigenvalue weighted by Crippen LogP contribution is -2.04. The number of fused-ring (bicyclic) bond motifs is 1. The predicted octanol–water partition coefficient (Wildman–Crippen LogP) is 2.71. The highest BCUT2D eigenvalue weighted by atomic mass is 16.5. The molecule has 0 heterocycles. The third kappa shape index (κ3) is 2.32. The van der Waals surface area contributed by atoms with Gasteiger partial charge in [-0.3, -0.25) is 0 Å². The molecular formula is C14H12O4. The minimum Gasteiger partial charge on any atom is -0.478 e. The van der Waals surface area contributed by atoms with E-state index in [1.807, 2.05) is 0 Å². The van der Waals surface area contributed by atoms with Gasteiger partial charge in [-0.25, -0.2) is 9.59 Å². The fourth-order valence-electron chi connectivity index (χ4n) is 1.72. The number of carbonyl (C=O) groups excluding carboxylic acids is 1. The standard InChI is InChI=1S/C14H12O4/c1-2-18-14(17)11-6-4-9-3-5-10(13(15)16)7-12(9)8-11/h3-8H,2H2,1H3,(H,15,16). The Morgan fingerprint density at radius 3 is 2.28 bits per heavy atom. The van der Waals surface area contributed by atoms with Crippen molar-refractivity contribution in [3.63, 3.8) is 0 Å². The van der Waals surface area contributed by atoms with Gasteiger partial charge in [-0.2, -0.15) is 0 Å². The van der Waals surface area contributed by atoms with E-state index in [1.54, 1.807) is 37.3 Å². The van der Waals surface area contributed by atoms with Crippen LogP contribution in [0.4, 0.5) is 0 Å². The van der Waals surface area contributed by atoms with Gasteiger partial charge in [-0.05, 0) is 42.0 Å². The number of benzene rings is 2. The third-order valence-corrected chi connectivity index (χ3v) is 2.60. The van der Waals surface area contributed by atoms with Crippen LogP contribution in [0, 0.1) is 0 Å². The number of carbonyl (C=O) groups is 2. The molecule has 2 rings (SSSR count). The minimum atomic E-state index is -0.988. The Bertz CT molecular complexity index is 616. The van der Waals surface area contributed by atoms with Gasteiger partial charge in [0.25, 0.3) is 0 Å². The molecule has 0 aliphatic rings. The van der Waals surface area contributed by atoms with Crippen molar-refractivity contribution in [1.82, 2.24) is 0 Å². The average molecular weight is 244 g/mol. The van der Waals surface area contributed by atoms with E-state index in [0.717, 1.165) is 5.39 Å². The molecular weight excluding hydrogens is 232 g/mol. The number of ether oxygens (including phenoxy) is 1. The molecule has 0 aromatic heterocycles. The van der Waals surface area contributed by atoms with Gasteiger partial charge in [0.15, 0.2) is 0 Å². The lowest BCUT2D eigenvalue weighted by molar-refractivity contribution is 0.0526. The summed E-state index contributed by atoms with van der Waals surface area (Å²) >= 11 is 0. The first-order chi connectivity index (χ1) is 8.61. The largest absolute Gasteiger partial charge is 0.478 e. The molecule has 0 unspecified atom stereocenters. The molecule has 0 bridgehead atoms. The van der Waals surface area contributed by atoms with Gasteiger partial charge in [-0.1, -0.05) is 12.1 Å². The summed E-state index contributed by atoms with van der Waals surface area (Å²) < 4.78 is 4.90. The molecule has 4 nitrogen and oxygen atoms in total. The highest BCUT2D eigenvalue weighted by Gasteiger charge is 2.08. The monoisotopic (exact) mass is 244 g/mol. The first-order valence-electron chi connectivity index (χ1n) is 5.56. The van der Waals surface area contributed by atoms with Crippen molar-refractivity contribution >= 4 is 22.7 Å². The molecule has 2 aromatic carbocycles. The Hall–Kier alpha value is -2.36. The number of carboxylic acid groups (broad SMARTS) is 1. The molecule has 0 aliphatic carbocycles. The normalized spacial score (nSPS) is 10.3. The fourth-order valence-corrected chi connectivity index (χ4v) is 1.72.